The molecule has 0 aliphatic rings. The fourth-order valence-electron chi connectivity index (χ4n) is 0.843. The highest BCUT2D eigenvalue weighted by Crippen LogP contribution is 2.08. The van der Waals surface area contributed by atoms with Crippen LogP contribution in [0.5, 0.6) is 0 Å². The smallest absolute Gasteiger partial charge is 0.309 e. The van der Waals surface area contributed by atoms with E-state index in [1.54, 1.807) is 6.07 Å². The summed E-state index contributed by atoms with van der Waals surface area (Å²) in [5.41, 5.74) is 0. The van der Waals surface area contributed by atoms with Crippen molar-refractivity contribution in [1.82, 2.24) is 0 Å². The van der Waals surface area contributed by atoms with Crippen molar-refractivity contribution in [3.63, 3.8) is 0 Å². The summed E-state index contributed by atoms with van der Waals surface area (Å²) in [7, 11) is 0. The van der Waals surface area contributed by atoms with Gasteiger partial charge in [-0.25, -0.2) is 0 Å². The van der Waals surface area contributed by atoms with Crippen molar-refractivity contribution in [1.29, 1.82) is 5.26 Å². The molecule has 0 fully saturated rings. The number of nitrogens with zero attached hydrogens (tertiary/aromatic N) is 1. The largest absolute Gasteiger partial charge is 0.450 e. The van der Waals surface area contributed by atoms with E-state index >= 15 is 0 Å². The van der Waals surface area contributed by atoms with Crippen LogP contribution < -0.4 is 0 Å². The van der Waals surface area contributed by atoms with E-state index in [9.17, 15) is 4.79 Å². The Balaban J connectivity index is 3.72. The van der Waals surface area contributed by atoms with Crippen molar-refractivity contribution in [3.8, 4) is 6.07 Å². The molecular formula is C8H13NO2. The van der Waals surface area contributed by atoms with Crippen molar-refractivity contribution < 1.29 is 9.53 Å². The zero-order valence-corrected chi connectivity index (χ0v) is 6.96. The molecule has 0 aliphatic heterocycles. The lowest BCUT2D eigenvalue weighted by molar-refractivity contribution is -0.147. The fourth-order valence-corrected chi connectivity index (χ4v) is 0.843. The van der Waals surface area contributed by atoms with E-state index < -0.39 is 0 Å². The van der Waals surface area contributed by atoms with Gasteiger partial charge < -0.3 is 4.74 Å². The maximum absolute atomic E-state index is 11.0. The van der Waals surface area contributed by atoms with Gasteiger partial charge in [0, 0.05) is 0 Å². The second-order valence-electron chi connectivity index (χ2n) is 2.28. The summed E-state index contributed by atoms with van der Waals surface area (Å²) < 4.78 is 4.64. The van der Waals surface area contributed by atoms with Gasteiger partial charge in [-0.3, -0.25) is 4.79 Å². The van der Waals surface area contributed by atoms with E-state index in [2.05, 4.69) is 4.74 Å². The summed E-state index contributed by atoms with van der Waals surface area (Å²) >= 11 is 0. The molecule has 0 rings (SSSR count). The maximum atomic E-state index is 11.0. The van der Waals surface area contributed by atoms with Crippen molar-refractivity contribution in [2.24, 2.45) is 5.92 Å². The number of rotatable bonds is 4. The number of carbonyl (C=O) groups excluding carboxylic acids is 1. The molecule has 0 aromatic heterocycles. The van der Waals surface area contributed by atoms with Crippen molar-refractivity contribution in [2.45, 2.75) is 26.7 Å². The highest BCUT2D eigenvalue weighted by Gasteiger charge is 2.14. The average Bonchev–Trinajstić information content (AvgIpc) is 2.03. The van der Waals surface area contributed by atoms with Gasteiger partial charge in [-0.1, -0.05) is 13.8 Å². The first kappa shape index (κ1) is 9.96. The molecule has 0 atom stereocenters. The van der Waals surface area contributed by atoms with Crippen LogP contribution in [0, 0.1) is 17.2 Å². The van der Waals surface area contributed by atoms with Crippen LogP contribution in [0.15, 0.2) is 0 Å². The molecule has 0 amide bonds. The first-order valence-corrected chi connectivity index (χ1v) is 3.79. The van der Waals surface area contributed by atoms with Gasteiger partial charge in [0.2, 0.25) is 0 Å². The summed E-state index contributed by atoms with van der Waals surface area (Å²) in [6.45, 7) is 3.74. The molecule has 0 N–H and O–H groups in total. The molecule has 11 heavy (non-hydrogen) atoms. The molecule has 0 heterocycles. The number of nitriles is 1. The first-order valence-electron chi connectivity index (χ1n) is 3.79. The van der Waals surface area contributed by atoms with Crippen molar-refractivity contribution in [3.05, 3.63) is 0 Å². The van der Waals surface area contributed by atoms with Gasteiger partial charge in [-0.2, -0.15) is 5.26 Å². The van der Waals surface area contributed by atoms with Crippen LogP contribution in [0.1, 0.15) is 26.7 Å². The van der Waals surface area contributed by atoms with Crippen LogP contribution in [0.4, 0.5) is 0 Å². The van der Waals surface area contributed by atoms with Gasteiger partial charge in [-0.05, 0) is 12.8 Å². The zero-order valence-electron chi connectivity index (χ0n) is 6.96. The monoisotopic (exact) mass is 155 g/mol. The third-order valence-corrected chi connectivity index (χ3v) is 1.60. The van der Waals surface area contributed by atoms with E-state index in [1.807, 2.05) is 13.8 Å². The quantitative estimate of drug-likeness (QED) is 0.578. The van der Waals surface area contributed by atoms with Crippen LogP contribution in [0.2, 0.25) is 0 Å². The number of hydrogen-bond donors (Lipinski definition) is 0. The molecule has 0 unspecified atom stereocenters. The minimum absolute atomic E-state index is 0.0386. The van der Waals surface area contributed by atoms with Gasteiger partial charge in [-0.15, -0.1) is 0 Å². The number of ether oxygens (including phenoxy) is 1. The zero-order chi connectivity index (χ0) is 8.69. The van der Waals surface area contributed by atoms with Gasteiger partial charge in [0.15, 0.2) is 6.61 Å². The Morgan fingerprint density at radius 1 is 1.55 bits per heavy atom. The number of hydrogen-bond acceptors (Lipinski definition) is 3. The highest BCUT2D eigenvalue weighted by molar-refractivity contribution is 5.72. The number of esters is 1. The Bertz CT molecular complexity index is 156. The van der Waals surface area contributed by atoms with E-state index in [-0.39, 0.29) is 18.5 Å². The molecular weight excluding hydrogens is 142 g/mol. The lowest BCUT2D eigenvalue weighted by Crippen LogP contribution is -2.16. The van der Waals surface area contributed by atoms with Gasteiger partial charge >= 0.3 is 5.97 Å². The Morgan fingerprint density at radius 2 is 2.09 bits per heavy atom. The molecule has 3 nitrogen and oxygen atoms in total. The first-order chi connectivity index (χ1) is 5.26. The predicted molar refractivity (Wildman–Crippen MR) is 40.6 cm³/mol. The molecule has 0 saturated heterocycles. The van der Waals surface area contributed by atoms with Gasteiger partial charge in [0.25, 0.3) is 0 Å². The molecule has 0 bridgehead atoms. The van der Waals surface area contributed by atoms with Crippen LogP contribution in [0.25, 0.3) is 0 Å². The molecule has 3 heteroatoms. The predicted octanol–water partition coefficient (Wildman–Crippen LogP) is 1.49. The molecule has 0 aromatic carbocycles. The third-order valence-electron chi connectivity index (χ3n) is 1.60. The fraction of sp³-hybridized carbons (Fsp3) is 0.750. The van der Waals surface area contributed by atoms with Gasteiger partial charge in [0.1, 0.15) is 6.07 Å². The van der Waals surface area contributed by atoms with Crippen molar-refractivity contribution >= 4 is 5.97 Å². The second-order valence-corrected chi connectivity index (χ2v) is 2.28. The van der Waals surface area contributed by atoms with Crippen LogP contribution >= 0.6 is 0 Å². The average molecular weight is 155 g/mol. The summed E-state index contributed by atoms with van der Waals surface area (Å²) in [6, 6.07) is 1.76. The Hall–Kier alpha value is -1.04. The minimum Gasteiger partial charge on any atom is -0.450 e. The summed E-state index contributed by atoms with van der Waals surface area (Å²) in [6.07, 6.45) is 1.56. The summed E-state index contributed by atoms with van der Waals surface area (Å²) in [5, 5.41) is 8.12. The molecule has 0 aromatic rings. The van der Waals surface area contributed by atoms with Crippen LogP contribution in [-0.2, 0) is 9.53 Å². The van der Waals surface area contributed by atoms with E-state index in [1.165, 1.54) is 0 Å². The molecule has 0 aliphatic carbocycles. The summed E-state index contributed by atoms with van der Waals surface area (Å²) in [4.78, 5) is 11.0. The van der Waals surface area contributed by atoms with E-state index in [4.69, 9.17) is 5.26 Å². The Morgan fingerprint density at radius 3 is 2.45 bits per heavy atom. The number of carbonyl (C=O) groups is 1. The molecule has 62 valence electrons. The highest BCUT2D eigenvalue weighted by atomic mass is 16.5. The second kappa shape index (κ2) is 5.72. The lowest BCUT2D eigenvalue weighted by Gasteiger charge is -2.08. The Labute approximate surface area is 67.0 Å². The van der Waals surface area contributed by atoms with E-state index in [0.717, 1.165) is 12.8 Å². The molecule has 0 saturated carbocycles. The van der Waals surface area contributed by atoms with Gasteiger partial charge in [0.05, 0.1) is 5.92 Å². The molecule has 0 spiro atoms. The summed E-state index contributed by atoms with van der Waals surface area (Å²) in [5.74, 6) is -0.292. The minimum atomic E-state index is -0.253. The van der Waals surface area contributed by atoms with Crippen molar-refractivity contribution in [2.75, 3.05) is 6.61 Å². The normalized spacial score (nSPS) is 9.27. The van der Waals surface area contributed by atoms with Crippen LogP contribution in [-0.4, -0.2) is 12.6 Å². The standard InChI is InChI=1S/C8H13NO2/c1-3-7(4-2)8(10)11-6-5-9/h7H,3-4,6H2,1-2H3. The SMILES string of the molecule is CCC(CC)C(=O)OCC#N. The van der Waals surface area contributed by atoms with Crippen LogP contribution in [0.3, 0.4) is 0 Å². The topological polar surface area (TPSA) is 50.1 Å². The Kier molecular flexibility index (Phi) is 5.18. The lowest BCUT2D eigenvalue weighted by atomic mass is 10.0. The maximum Gasteiger partial charge on any atom is 0.309 e. The van der Waals surface area contributed by atoms with E-state index in [0.29, 0.717) is 0 Å². The third kappa shape index (κ3) is 3.61. The molecule has 0 radical (unpaired) electrons.